The van der Waals surface area contributed by atoms with Crippen LogP contribution in [-0.2, 0) is 14.8 Å². The molecular weight excluding hydrogens is 254 g/mol. The average molecular weight is 273 g/mol. The van der Waals surface area contributed by atoms with Gasteiger partial charge in [-0.3, -0.25) is 0 Å². The topological polar surface area (TPSA) is 64.6 Å². The summed E-state index contributed by atoms with van der Waals surface area (Å²) in [5.41, 5.74) is 0. The van der Waals surface area contributed by atoms with Gasteiger partial charge in [-0.05, 0) is 30.7 Å². The molecule has 0 saturated carbocycles. The number of hydrogen-bond acceptors (Lipinski definition) is 4. The lowest BCUT2D eigenvalue weighted by Gasteiger charge is -2.16. The van der Waals surface area contributed by atoms with Gasteiger partial charge in [0.15, 0.2) is 0 Å². The Balaban J connectivity index is 2.84. The molecule has 1 N–H and O–H groups in total. The molecule has 0 amide bonds. The lowest BCUT2D eigenvalue weighted by molar-refractivity contribution is 0.173. The van der Waals surface area contributed by atoms with Gasteiger partial charge in [-0.15, -0.1) is 0 Å². The van der Waals surface area contributed by atoms with Crippen LogP contribution in [0.2, 0.25) is 0 Å². The van der Waals surface area contributed by atoms with E-state index < -0.39 is 10.0 Å². The third-order valence-corrected chi connectivity index (χ3v) is 4.09. The highest BCUT2D eigenvalue weighted by molar-refractivity contribution is 7.89. The van der Waals surface area contributed by atoms with E-state index in [1.165, 1.54) is 19.2 Å². The van der Waals surface area contributed by atoms with Crippen LogP contribution in [0.15, 0.2) is 29.2 Å². The van der Waals surface area contributed by atoms with Crippen LogP contribution in [0, 0.1) is 0 Å². The molecule has 0 fully saturated rings. The minimum atomic E-state index is -3.50. The highest BCUT2D eigenvalue weighted by atomic mass is 32.2. The quantitative estimate of drug-likeness (QED) is 0.815. The summed E-state index contributed by atoms with van der Waals surface area (Å²) in [5, 5.41) is 0. The third kappa shape index (κ3) is 3.97. The van der Waals surface area contributed by atoms with Crippen LogP contribution in [0.4, 0.5) is 0 Å². The third-order valence-electron chi connectivity index (χ3n) is 2.55. The van der Waals surface area contributed by atoms with Gasteiger partial charge in [0.2, 0.25) is 10.0 Å². The van der Waals surface area contributed by atoms with Gasteiger partial charge in [0.1, 0.15) is 5.75 Å². The molecule has 0 aliphatic carbocycles. The number of hydrogen-bond donors (Lipinski definition) is 1. The molecule has 1 aromatic rings. The van der Waals surface area contributed by atoms with E-state index >= 15 is 0 Å². The molecule has 1 unspecified atom stereocenters. The minimum absolute atomic E-state index is 0.220. The van der Waals surface area contributed by atoms with E-state index in [-0.39, 0.29) is 10.9 Å². The summed E-state index contributed by atoms with van der Waals surface area (Å²) in [7, 11) is -0.423. The van der Waals surface area contributed by atoms with Crippen molar-refractivity contribution in [2.45, 2.75) is 24.3 Å². The van der Waals surface area contributed by atoms with Gasteiger partial charge in [-0.1, -0.05) is 6.92 Å². The summed E-state index contributed by atoms with van der Waals surface area (Å²) in [5.74, 6) is 0.623. The molecule has 0 aromatic heterocycles. The second-order valence-electron chi connectivity index (χ2n) is 3.86. The zero-order valence-corrected chi connectivity index (χ0v) is 11.7. The van der Waals surface area contributed by atoms with E-state index in [1.54, 1.807) is 19.2 Å². The average Bonchev–Trinajstić information content (AvgIpc) is 2.38. The van der Waals surface area contributed by atoms with Crippen molar-refractivity contribution in [3.63, 3.8) is 0 Å². The van der Waals surface area contributed by atoms with Gasteiger partial charge in [0, 0.05) is 13.2 Å². The molecular formula is C12H19NO4S. The molecule has 0 aliphatic heterocycles. The van der Waals surface area contributed by atoms with Crippen LogP contribution in [0.5, 0.6) is 5.75 Å². The Morgan fingerprint density at radius 2 is 1.83 bits per heavy atom. The molecule has 102 valence electrons. The SMILES string of the molecule is CCC(COC)NS(=O)(=O)c1ccc(OC)cc1. The normalized spacial score (nSPS) is 13.3. The van der Waals surface area contributed by atoms with Gasteiger partial charge in [0.25, 0.3) is 0 Å². The van der Waals surface area contributed by atoms with Gasteiger partial charge in [-0.25, -0.2) is 13.1 Å². The van der Waals surface area contributed by atoms with Crippen molar-refractivity contribution in [2.24, 2.45) is 0 Å². The molecule has 1 rings (SSSR count). The van der Waals surface area contributed by atoms with Crippen molar-refractivity contribution < 1.29 is 17.9 Å². The highest BCUT2D eigenvalue weighted by Crippen LogP contribution is 2.15. The summed E-state index contributed by atoms with van der Waals surface area (Å²) in [6.45, 7) is 2.26. The van der Waals surface area contributed by atoms with Crippen LogP contribution in [0.3, 0.4) is 0 Å². The van der Waals surface area contributed by atoms with E-state index in [2.05, 4.69) is 4.72 Å². The van der Waals surface area contributed by atoms with Gasteiger partial charge < -0.3 is 9.47 Å². The minimum Gasteiger partial charge on any atom is -0.497 e. The van der Waals surface area contributed by atoms with E-state index in [9.17, 15) is 8.42 Å². The van der Waals surface area contributed by atoms with Crippen LogP contribution >= 0.6 is 0 Å². The lowest BCUT2D eigenvalue weighted by atomic mass is 10.3. The first kappa shape index (κ1) is 14.9. The van der Waals surface area contributed by atoms with E-state index in [4.69, 9.17) is 9.47 Å². The number of benzene rings is 1. The monoisotopic (exact) mass is 273 g/mol. The Hall–Kier alpha value is -1.11. The molecule has 5 nitrogen and oxygen atoms in total. The fourth-order valence-corrected chi connectivity index (χ4v) is 2.78. The number of rotatable bonds is 7. The van der Waals surface area contributed by atoms with E-state index in [1.807, 2.05) is 6.92 Å². The number of sulfonamides is 1. The standard InChI is InChI=1S/C12H19NO4S/c1-4-10(9-16-2)13-18(14,15)12-7-5-11(17-3)6-8-12/h5-8,10,13H,4,9H2,1-3H3. The van der Waals surface area contributed by atoms with Crippen LogP contribution < -0.4 is 9.46 Å². The molecule has 0 heterocycles. The number of methoxy groups -OCH3 is 2. The molecule has 1 atom stereocenters. The van der Waals surface area contributed by atoms with E-state index in [0.29, 0.717) is 18.8 Å². The van der Waals surface area contributed by atoms with Crippen molar-refractivity contribution in [1.82, 2.24) is 4.72 Å². The fourth-order valence-electron chi connectivity index (χ4n) is 1.48. The van der Waals surface area contributed by atoms with Gasteiger partial charge >= 0.3 is 0 Å². The van der Waals surface area contributed by atoms with Crippen LogP contribution in [0.25, 0.3) is 0 Å². The largest absolute Gasteiger partial charge is 0.497 e. The first-order valence-electron chi connectivity index (χ1n) is 5.68. The second-order valence-corrected chi connectivity index (χ2v) is 5.57. The van der Waals surface area contributed by atoms with Crippen LogP contribution in [-0.4, -0.2) is 35.3 Å². The first-order valence-corrected chi connectivity index (χ1v) is 7.17. The van der Waals surface area contributed by atoms with Crippen molar-refractivity contribution >= 4 is 10.0 Å². The summed E-state index contributed by atoms with van der Waals surface area (Å²) in [6, 6.07) is 6.04. The molecule has 18 heavy (non-hydrogen) atoms. The Bertz CT molecular complexity index is 455. The van der Waals surface area contributed by atoms with E-state index in [0.717, 1.165) is 0 Å². The maximum absolute atomic E-state index is 12.1. The summed E-state index contributed by atoms with van der Waals surface area (Å²) in [4.78, 5) is 0.220. The van der Waals surface area contributed by atoms with Crippen molar-refractivity contribution in [3.8, 4) is 5.75 Å². The summed E-state index contributed by atoms with van der Waals surface area (Å²) in [6.07, 6.45) is 0.670. The molecule has 0 aliphatic rings. The van der Waals surface area contributed by atoms with Crippen molar-refractivity contribution in [1.29, 1.82) is 0 Å². The lowest BCUT2D eigenvalue weighted by Crippen LogP contribution is -2.37. The summed E-state index contributed by atoms with van der Waals surface area (Å²) < 4.78 is 36.7. The summed E-state index contributed by atoms with van der Waals surface area (Å²) >= 11 is 0. The molecule has 0 saturated heterocycles. The van der Waals surface area contributed by atoms with Gasteiger partial charge in [-0.2, -0.15) is 0 Å². The van der Waals surface area contributed by atoms with Crippen molar-refractivity contribution in [3.05, 3.63) is 24.3 Å². The maximum Gasteiger partial charge on any atom is 0.240 e. The first-order chi connectivity index (χ1) is 8.53. The molecule has 0 spiro atoms. The Morgan fingerprint density at radius 3 is 2.28 bits per heavy atom. The molecule has 6 heteroatoms. The highest BCUT2D eigenvalue weighted by Gasteiger charge is 2.18. The zero-order valence-electron chi connectivity index (χ0n) is 10.8. The zero-order chi connectivity index (χ0) is 13.6. The fraction of sp³-hybridized carbons (Fsp3) is 0.500. The Morgan fingerprint density at radius 1 is 1.22 bits per heavy atom. The number of ether oxygens (including phenoxy) is 2. The maximum atomic E-state index is 12.1. The predicted octanol–water partition coefficient (Wildman–Crippen LogP) is 1.40. The Labute approximate surface area is 108 Å². The molecule has 0 radical (unpaired) electrons. The molecule has 0 bridgehead atoms. The van der Waals surface area contributed by atoms with Gasteiger partial charge in [0.05, 0.1) is 18.6 Å². The smallest absolute Gasteiger partial charge is 0.240 e. The Kier molecular flexibility index (Phi) is 5.58. The van der Waals surface area contributed by atoms with Crippen LogP contribution in [0.1, 0.15) is 13.3 Å². The number of nitrogens with one attached hydrogen (secondary N) is 1. The predicted molar refractivity (Wildman–Crippen MR) is 69.3 cm³/mol. The van der Waals surface area contributed by atoms with Crippen molar-refractivity contribution in [2.75, 3.05) is 20.8 Å². The molecule has 1 aromatic carbocycles. The second kappa shape index (κ2) is 6.72.